The molecule has 0 saturated carbocycles. The molecule has 1 aromatic carbocycles. The summed E-state index contributed by atoms with van der Waals surface area (Å²) in [4.78, 5) is 0. The van der Waals surface area contributed by atoms with E-state index in [2.05, 4.69) is 5.43 Å². The lowest BCUT2D eigenvalue weighted by Crippen LogP contribution is -2.46. The average Bonchev–Trinajstić information content (AvgIpc) is 2.30. The minimum atomic E-state index is -0.391. The molecule has 1 atom stereocenters. The molecule has 0 amide bonds. The van der Waals surface area contributed by atoms with Crippen LogP contribution < -0.4 is 5.43 Å². The number of hydrazine groups is 1. The number of hydrogen-bond acceptors (Lipinski definition) is 4. The minimum absolute atomic E-state index is 0.0511. The zero-order valence-electron chi connectivity index (χ0n) is 9.82. The van der Waals surface area contributed by atoms with E-state index in [0.29, 0.717) is 18.8 Å². The summed E-state index contributed by atoms with van der Waals surface area (Å²) in [7, 11) is 0. The van der Waals surface area contributed by atoms with Gasteiger partial charge in [-0.25, -0.2) is 14.8 Å². The van der Waals surface area contributed by atoms with Crippen LogP contribution in [0.25, 0.3) is 0 Å². The number of ether oxygens (including phenoxy) is 1. The Kier molecular flexibility index (Phi) is 3.93. The average molecular weight is 240 g/mol. The maximum atomic E-state index is 13.6. The van der Waals surface area contributed by atoms with Gasteiger partial charge < -0.3 is 9.84 Å². The molecule has 94 valence electrons. The summed E-state index contributed by atoms with van der Waals surface area (Å²) in [5.41, 5.74) is 3.78. The van der Waals surface area contributed by atoms with Gasteiger partial charge in [0.2, 0.25) is 0 Å². The van der Waals surface area contributed by atoms with E-state index in [9.17, 15) is 4.39 Å². The van der Waals surface area contributed by atoms with Crippen molar-refractivity contribution in [3.63, 3.8) is 0 Å². The zero-order valence-corrected chi connectivity index (χ0v) is 9.82. The molecule has 1 aliphatic heterocycles. The molecule has 0 radical (unpaired) electrons. The smallest absolute Gasteiger partial charge is 0.131 e. The number of aromatic hydroxyl groups is 1. The Bertz CT molecular complexity index is 381. The van der Waals surface area contributed by atoms with E-state index in [4.69, 9.17) is 9.84 Å². The lowest BCUT2D eigenvalue weighted by molar-refractivity contribution is 0.00460. The third kappa shape index (κ3) is 3.15. The number of nitrogens with zero attached hydrogens (tertiary/aromatic N) is 1. The highest BCUT2D eigenvalue weighted by atomic mass is 19.1. The van der Waals surface area contributed by atoms with Crippen molar-refractivity contribution < 1.29 is 14.2 Å². The normalized spacial score (nSPS) is 19.2. The summed E-state index contributed by atoms with van der Waals surface area (Å²) in [6, 6.07) is 4.10. The Balaban J connectivity index is 2.00. The van der Waals surface area contributed by atoms with Gasteiger partial charge in [0.1, 0.15) is 11.6 Å². The van der Waals surface area contributed by atoms with Crippen LogP contribution in [-0.4, -0.2) is 36.4 Å². The van der Waals surface area contributed by atoms with Crippen LogP contribution in [0.2, 0.25) is 0 Å². The molecule has 0 aliphatic carbocycles. The molecule has 1 heterocycles. The quantitative estimate of drug-likeness (QED) is 0.839. The van der Waals surface area contributed by atoms with Gasteiger partial charge in [0.05, 0.1) is 13.2 Å². The van der Waals surface area contributed by atoms with Crippen molar-refractivity contribution in [2.24, 2.45) is 0 Å². The van der Waals surface area contributed by atoms with Crippen molar-refractivity contribution in [3.8, 4) is 5.75 Å². The minimum Gasteiger partial charge on any atom is -0.508 e. The first-order chi connectivity index (χ1) is 8.16. The highest BCUT2D eigenvalue weighted by Gasteiger charge is 2.16. The van der Waals surface area contributed by atoms with Crippen LogP contribution in [0.5, 0.6) is 5.75 Å². The fourth-order valence-electron chi connectivity index (χ4n) is 1.90. The molecule has 2 rings (SSSR count). The topological polar surface area (TPSA) is 44.7 Å². The summed E-state index contributed by atoms with van der Waals surface area (Å²) in [5, 5.41) is 11.2. The Hall–Kier alpha value is -1.17. The first-order valence-electron chi connectivity index (χ1n) is 5.74. The number of morpholine rings is 1. The molecule has 17 heavy (non-hydrogen) atoms. The third-order valence-electron chi connectivity index (χ3n) is 2.84. The van der Waals surface area contributed by atoms with Crippen LogP contribution in [0.3, 0.4) is 0 Å². The van der Waals surface area contributed by atoms with E-state index in [0.717, 1.165) is 19.2 Å². The number of hydrogen-bond donors (Lipinski definition) is 2. The number of benzene rings is 1. The standard InChI is InChI=1S/C12H17FN2O2/c1-9(14-15-4-6-17-7-5-15)11-3-2-10(16)8-12(11)13/h2-3,8-9,14,16H,4-7H2,1H3. The van der Waals surface area contributed by atoms with Crippen LogP contribution in [0, 0.1) is 5.82 Å². The predicted molar refractivity (Wildman–Crippen MR) is 62.0 cm³/mol. The van der Waals surface area contributed by atoms with Crippen molar-refractivity contribution >= 4 is 0 Å². The van der Waals surface area contributed by atoms with E-state index < -0.39 is 5.82 Å². The van der Waals surface area contributed by atoms with Crippen LogP contribution in [0.1, 0.15) is 18.5 Å². The van der Waals surface area contributed by atoms with Gasteiger partial charge in [-0.2, -0.15) is 0 Å². The number of halogens is 1. The largest absolute Gasteiger partial charge is 0.508 e. The Morgan fingerprint density at radius 2 is 2.12 bits per heavy atom. The van der Waals surface area contributed by atoms with E-state index in [1.54, 1.807) is 6.07 Å². The molecular formula is C12H17FN2O2. The van der Waals surface area contributed by atoms with E-state index in [1.807, 2.05) is 11.9 Å². The molecule has 4 nitrogen and oxygen atoms in total. The molecule has 1 saturated heterocycles. The van der Waals surface area contributed by atoms with E-state index >= 15 is 0 Å². The second-order valence-electron chi connectivity index (χ2n) is 4.16. The van der Waals surface area contributed by atoms with Gasteiger partial charge in [-0.1, -0.05) is 6.07 Å². The summed E-state index contributed by atoms with van der Waals surface area (Å²) in [6.07, 6.45) is 0. The van der Waals surface area contributed by atoms with Crippen LogP contribution in [-0.2, 0) is 4.74 Å². The van der Waals surface area contributed by atoms with Gasteiger partial charge in [0.25, 0.3) is 0 Å². The predicted octanol–water partition coefficient (Wildman–Crippen LogP) is 1.43. The highest BCUT2D eigenvalue weighted by molar-refractivity contribution is 5.29. The van der Waals surface area contributed by atoms with Crippen molar-refractivity contribution in [1.82, 2.24) is 10.4 Å². The van der Waals surface area contributed by atoms with E-state index in [1.165, 1.54) is 6.07 Å². The Labute approximate surface area is 100.0 Å². The fraction of sp³-hybridized carbons (Fsp3) is 0.500. The SMILES string of the molecule is CC(NN1CCOCC1)c1ccc(O)cc1F. The van der Waals surface area contributed by atoms with Crippen LogP contribution in [0.15, 0.2) is 18.2 Å². The molecule has 0 aromatic heterocycles. The number of nitrogens with one attached hydrogen (secondary N) is 1. The van der Waals surface area contributed by atoms with Crippen molar-refractivity contribution in [3.05, 3.63) is 29.6 Å². The summed E-state index contributed by atoms with van der Waals surface area (Å²) in [5.74, 6) is -0.442. The van der Waals surface area contributed by atoms with Gasteiger partial charge in [-0.3, -0.25) is 0 Å². The molecule has 0 spiro atoms. The second-order valence-corrected chi connectivity index (χ2v) is 4.16. The molecule has 1 fully saturated rings. The third-order valence-corrected chi connectivity index (χ3v) is 2.84. The first-order valence-corrected chi connectivity index (χ1v) is 5.74. The van der Waals surface area contributed by atoms with Gasteiger partial charge in [0.15, 0.2) is 0 Å². The molecule has 1 unspecified atom stereocenters. The Morgan fingerprint density at radius 3 is 2.76 bits per heavy atom. The van der Waals surface area contributed by atoms with Crippen LogP contribution in [0.4, 0.5) is 4.39 Å². The molecule has 0 bridgehead atoms. The number of phenolic OH excluding ortho intramolecular Hbond substituents is 1. The second kappa shape index (κ2) is 5.44. The molecule has 1 aromatic rings. The molecular weight excluding hydrogens is 223 g/mol. The van der Waals surface area contributed by atoms with Crippen molar-refractivity contribution in [1.29, 1.82) is 0 Å². The van der Waals surface area contributed by atoms with Crippen LogP contribution >= 0.6 is 0 Å². The fourth-order valence-corrected chi connectivity index (χ4v) is 1.90. The molecule has 5 heteroatoms. The summed E-state index contributed by atoms with van der Waals surface area (Å²) >= 11 is 0. The lowest BCUT2D eigenvalue weighted by Gasteiger charge is -2.30. The van der Waals surface area contributed by atoms with Crippen molar-refractivity contribution in [2.45, 2.75) is 13.0 Å². The molecule has 1 aliphatic rings. The number of phenols is 1. The van der Waals surface area contributed by atoms with Gasteiger partial charge in [-0.15, -0.1) is 0 Å². The summed E-state index contributed by atoms with van der Waals surface area (Å²) < 4.78 is 18.8. The maximum absolute atomic E-state index is 13.6. The first kappa shape index (κ1) is 12.3. The monoisotopic (exact) mass is 240 g/mol. The summed E-state index contributed by atoms with van der Waals surface area (Å²) in [6.45, 7) is 4.87. The molecule has 2 N–H and O–H groups in total. The van der Waals surface area contributed by atoms with Gasteiger partial charge >= 0.3 is 0 Å². The van der Waals surface area contributed by atoms with Gasteiger partial charge in [-0.05, 0) is 13.0 Å². The van der Waals surface area contributed by atoms with E-state index in [-0.39, 0.29) is 11.8 Å². The van der Waals surface area contributed by atoms with Crippen molar-refractivity contribution in [2.75, 3.05) is 26.3 Å². The maximum Gasteiger partial charge on any atom is 0.131 e. The highest BCUT2D eigenvalue weighted by Crippen LogP contribution is 2.21. The van der Waals surface area contributed by atoms with Gasteiger partial charge in [0, 0.05) is 30.8 Å². The lowest BCUT2D eigenvalue weighted by atomic mass is 10.1. The Morgan fingerprint density at radius 1 is 1.41 bits per heavy atom. The zero-order chi connectivity index (χ0) is 12.3. The number of rotatable bonds is 3.